The van der Waals surface area contributed by atoms with Gasteiger partial charge in [0.15, 0.2) is 0 Å². The Bertz CT molecular complexity index is 603. The summed E-state index contributed by atoms with van der Waals surface area (Å²) in [7, 11) is 0. The average molecular weight is 305 g/mol. The molecule has 1 aliphatic heterocycles. The maximum absolute atomic E-state index is 12.1. The Balaban J connectivity index is 0.00000161. The van der Waals surface area contributed by atoms with Crippen molar-refractivity contribution in [2.45, 2.75) is 19.3 Å². The van der Waals surface area contributed by atoms with Gasteiger partial charge in [0, 0.05) is 17.5 Å². The molecule has 4 heteroatoms. The van der Waals surface area contributed by atoms with Crippen LogP contribution in [0, 0.1) is 5.92 Å². The normalized spacial score (nSPS) is 17.4. The molecule has 1 amide bonds. The molecule has 0 aromatic heterocycles. The summed E-state index contributed by atoms with van der Waals surface area (Å²) < 4.78 is 0. The Morgan fingerprint density at radius 3 is 2.81 bits per heavy atom. The minimum absolute atomic E-state index is 0. The van der Waals surface area contributed by atoms with E-state index in [1.165, 1.54) is 6.42 Å². The van der Waals surface area contributed by atoms with Crippen LogP contribution in [0.4, 0.5) is 5.69 Å². The van der Waals surface area contributed by atoms with Crippen molar-refractivity contribution < 1.29 is 4.79 Å². The zero-order chi connectivity index (χ0) is 13.8. The van der Waals surface area contributed by atoms with Crippen LogP contribution in [0.15, 0.2) is 42.5 Å². The number of anilines is 1. The van der Waals surface area contributed by atoms with E-state index < -0.39 is 0 Å². The molecule has 1 unspecified atom stereocenters. The molecule has 0 aliphatic carbocycles. The Morgan fingerprint density at radius 2 is 2.00 bits per heavy atom. The van der Waals surface area contributed by atoms with Gasteiger partial charge in [0.05, 0.1) is 0 Å². The molecule has 3 rings (SSSR count). The summed E-state index contributed by atoms with van der Waals surface area (Å²) >= 11 is 0. The summed E-state index contributed by atoms with van der Waals surface area (Å²) in [5.41, 5.74) is 0.914. The smallest absolute Gasteiger partial charge is 0.224 e. The van der Waals surface area contributed by atoms with Crippen molar-refractivity contribution in [1.82, 2.24) is 5.32 Å². The highest BCUT2D eigenvalue weighted by Gasteiger charge is 2.15. The standard InChI is InChI=1S/C17H20N2O.ClH/c20-17(9-8-13-10-11-18-12-13)19-16-7-3-5-14-4-1-2-6-15(14)16;/h1-7,13,18H,8-12H2,(H,19,20);1H. The van der Waals surface area contributed by atoms with Gasteiger partial charge in [0.2, 0.25) is 5.91 Å². The van der Waals surface area contributed by atoms with E-state index in [9.17, 15) is 4.79 Å². The number of amides is 1. The van der Waals surface area contributed by atoms with Crippen molar-refractivity contribution in [3.8, 4) is 0 Å². The lowest BCUT2D eigenvalue weighted by atomic mass is 10.0. The lowest BCUT2D eigenvalue weighted by Crippen LogP contribution is -2.15. The van der Waals surface area contributed by atoms with Gasteiger partial charge < -0.3 is 10.6 Å². The summed E-state index contributed by atoms with van der Waals surface area (Å²) in [5, 5.41) is 8.65. The lowest BCUT2D eigenvalue weighted by Gasteiger charge is -2.10. The van der Waals surface area contributed by atoms with Crippen LogP contribution in [0.5, 0.6) is 0 Å². The van der Waals surface area contributed by atoms with E-state index in [0.29, 0.717) is 12.3 Å². The first-order valence-corrected chi connectivity index (χ1v) is 7.31. The molecule has 1 atom stereocenters. The first-order valence-electron chi connectivity index (χ1n) is 7.31. The van der Waals surface area contributed by atoms with E-state index in [1.807, 2.05) is 30.3 Å². The van der Waals surface area contributed by atoms with E-state index in [-0.39, 0.29) is 18.3 Å². The van der Waals surface area contributed by atoms with Crippen LogP contribution in [-0.2, 0) is 4.79 Å². The highest BCUT2D eigenvalue weighted by atomic mass is 35.5. The van der Waals surface area contributed by atoms with Gasteiger partial charge in [0.1, 0.15) is 0 Å². The summed E-state index contributed by atoms with van der Waals surface area (Å²) in [6.07, 6.45) is 2.78. The molecule has 0 radical (unpaired) electrons. The molecule has 2 N–H and O–H groups in total. The second-order valence-electron chi connectivity index (χ2n) is 5.47. The fourth-order valence-electron chi connectivity index (χ4n) is 2.84. The second-order valence-corrected chi connectivity index (χ2v) is 5.47. The molecule has 21 heavy (non-hydrogen) atoms. The number of rotatable bonds is 4. The van der Waals surface area contributed by atoms with Gasteiger partial charge in [-0.1, -0.05) is 36.4 Å². The molecule has 1 aliphatic rings. The zero-order valence-corrected chi connectivity index (χ0v) is 12.8. The molecule has 0 bridgehead atoms. The molecule has 112 valence electrons. The van der Waals surface area contributed by atoms with Gasteiger partial charge in [-0.05, 0) is 43.3 Å². The maximum atomic E-state index is 12.1. The third-order valence-corrected chi connectivity index (χ3v) is 4.01. The van der Waals surface area contributed by atoms with E-state index in [0.717, 1.165) is 36.0 Å². The molecule has 1 saturated heterocycles. The average Bonchev–Trinajstić information content (AvgIpc) is 2.99. The van der Waals surface area contributed by atoms with Gasteiger partial charge in [-0.2, -0.15) is 0 Å². The molecule has 2 aromatic rings. The Hall–Kier alpha value is -1.58. The number of hydrogen-bond acceptors (Lipinski definition) is 2. The lowest BCUT2D eigenvalue weighted by molar-refractivity contribution is -0.116. The summed E-state index contributed by atoms with van der Waals surface area (Å²) in [5.74, 6) is 0.779. The van der Waals surface area contributed by atoms with Crippen LogP contribution in [-0.4, -0.2) is 19.0 Å². The van der Waals surface area contributed by atoms with Crippen LogP contribution in [0.25, 0.3) is 10.8 Å². The van der Waals surface area contributed by atoms with Crippen molar-refractivity contribution in [2.75, 3.05) is 18.4 Å². The predicted molar refractivity (Wildman–Crippen MR) is 90.0 cm³/mol. The van der Waals surface area contributed by atoms with Crippen LogP contribution in [0.3, 0.4) is 0 Å². The Kier molecular flexibility index (Phi) is 5.59. The van der Waals surface area contributed by atoms with E-state index in [2.05, 4.69) is 22.8 Å². The number of benzene rings is 2. The fraction of sp³-hybridized carbons (Fsp3) is 0.353. The van der Waals surface area contributed by atoms with Crippen molar-refractivity contribution in [3.63, 3.8) is 0 Å². The van der Waals surface area contributed by atoms with Crippen LogP contribution in [0.1, 0.15) is 19.3 Å². The monoisotopic (exact) mass is 304 g/mol. The molecule has 2 aromatic carbocycles. The molecule has 1 heterocycles. The van der Waals surface area contributed by atoms with Crippen molar-refractivity contribution in [1.29, 1.82) is 0 Å². The highest BCUT2D eigenvalue weighted by Crippen LogP contribution is 2.23. The number of fused-ring (bicyclic) bond motifs is 1. The molecule has 0 saturated carbocycles. The minimum atomic E-state index is 0. The largest absolute Gasteiger partial charge is 0.326 e. The third kappa shape index (κ3) is 3.96. The molecule has 3 nitrogen and oxygen atoms in total. The SMILES string of the molecule is Cl.O=C(CCC1CCNC1)Nc1cccc2ccccc12. The number of carbonyl (C=O) groups excluding carboxylic acids is 1. The first kappa shape index (κ1) is 15.8. The summed E-state index contributed by atoms with van der Waals surface area (Å²) in [6, 6.07) is 14.1. The number of nitrogens with one attached hydrogen (secondary N) is 2. The highest BCUT2D eigenvalue weighted by molar-refractivity contribution is 6.02. The van der Waals surface area contributed by atoms with Gasteiger partial charge in [-0.25, -0.2) is 0 Å². The molecular formula is C17H21ClN2O. The zero-order valence-electron chi connectivity index (χ0n) is 12.0. The van der Waals surface area contributed by atoms with Crippen LogP contribution in [0.2, 0.25) is 0 Å². The first-order chi connectivity index (χ1) is 9.83. The van der Waals surface area contributed by atoms with Crippen molar-refractivity contribution >= 4 is 34.8 Å². The van der Waals surface area contributed by atoms with E-state index in [1.54, 1.807) is 0 Å². The fourth-order valence-corrected chi connectivity index (χ4v) is 2.84. The minimum Gasteiger partial charge on any atom is -0.326 e. The number of halogens is 1. The second kappa shape index (κ2) is 7.43. The van der Waals surface area contributed by atoms with E-state index in [4.69, 9.17) is 0 Å². The maximum Gasteiger partial charge on any atom is 0.224 e. The van der Waals surface area contributed by atoms with Gasteiger partial charge >= 0.3 is 0 Å². The Morgan fingerprint density at radius 1 is 1.19 bits per heavy atom. The number of carbonyl (C=O) groups is 1. The molecule has 0 spiro atoms. The van der Waals surface area contributed by atoms with Crippen LogP contribution < -0.4 is 10.6 Å². The third-order valence-electron chi connectivity index (χ3n) is 4.01. The molecule has 1 fully saturated rings. The van der Waals surface area contributed by atoms with Crippen molar-refractivity contribution in [2.24, 2.45) is 5.92 Å². The van der Waals surface area contributed by atoms with Gasteiger partial charge in [-0.15, -0.1) is 12.4 Å². The van der Waals surface area contributed by atoms with Gasteiger partial charge in [0.25, 0.3) is 0 Å². The quantitative estimate of drug-likeness (QED) is 0.906. The Labute approximate surface area is 131 Å². The number of hydrogen-bond donors (Lipinski definition) is 2. The van der Waals surface area contributed by atoms with E-state index >= 15 is 0 Å². The summed E-state index contributed by atoms with van der Waals surface area (Å²) in [4.78, 5) is 12.1. The van der Waals surface area contributed by atoms with Crippen LogP contribution >= 0.6 is 12.4 Å². The van der Waals surface area contributed by atoms with Gasteiger partial charge in [-0.3, -0.25) is 4.79 Å². The van der Waals surface area contributed by atoms with Crippen molar-refractivity contribution in [3.05, 3.63) is 42.5 Å². The predicted octanol–water partition coefficient (Wildman–Crippen LogP) is 3.59. The summed E-state index contributed by atoms with van der Waals surface area (Å²) in [6.45, 7) is 2.15. The topological polar surface area (TPSA) is 41.1 Å². The molecular weight excluding hydrogens is 284 g/mol.